The number of para-hydroxylation sites is 1. The second kappa shape index (κ2) is 11.2. The number of hydrogen-bond acceptors (Lipinski definition) is 5. The van der Waals surface area contributed by atoms with Crippen molar-refractivity contribution in [3.8, 4) is 16.9 Å². The van der Waals surface area contributed by atoms with E-state index in [0.29, 0.717) is 29.2 Å². The largest absolute Gasteiger partial charge is 0.489 e. The topological polar surface area (TPSA) is 71.2 Å². The van der Waals surface area contributed by atoms with E-state index >= 15 is 0 Å². The third-order valence-corrected chi connectivity index (χ3v) is 7.78. The van der Waals surface area contributed by atoms with E-state index in [-0.39, 0.29) is 24.6 Å². The number of hydrogen-bond donors (Lipinski definition) is 1. The zero-order valence-corrected chi connectivity index (χ0v) is 22.4. The minimum atomic E-state index is -0.275. The lowest BCUT2D eigenvalue weighted by molar-refractivity contribution is 0.0982. The Bertz CT molecular complexity index is 1850. The van der Waals surface area contributed by atoms with Gasteiger partial charge >= 0.3 is 0 Å². The molecule has 6 aromatic rings. The summed E-state index contributed by atoms with van der Waals surface area (Å²) in [5, 5.41) is 12.4. The van der Waals surface area contributed by atoms with E-state index in [1.54, 1.807) is 15.5 Å². The van der Waals surface area contributed by atoms with Crippen LogP contribution in [0.4, 0.5) is 5.69 Å². The lowest BCUT2D eigenvalue weighted by Crippen LogP contribution is -2.34. The van der Waals surface area contributed by atoms with Gasteiger partial charge in [0.05, 0.1) is 22.4 Å². The summed E-state index contributed by atoms with van der Waals surface area (Å²) in [4.78, 5) is 29.2. The van der Waals surface area contributed by atoms with Crippen molar-refractivity contribution in [1.82, 2.24) is 4.40 Å². The van der Waals surface area contributed by atoms with Crippen LogP contribution in [0, 0.1) is 0 Å². The molecule has 3 aromatic carbocycles. The number of pyridine rings is 2. The van der Waals surface area contributed by atoms with Gasteiger partial charge in [-0.15, -0.1) is 11.3 Å². The highest BCUT2D eigenvalue weighted by molar-refractivity contribution is 7.18. The van der Waals surface area contributed by atoms with Crippen molar-refractivity contribution in [2.45, 2.75) is 6.61 Å². The van der Waals surface area contributed by atoms with Gasteiger partial charge in [-0.25, -0.2) is 0 Å². The molecule has 0 aliphatic heterocycles. The molecule has 6 rings (SSSR count). The SMILES string of the molecule is O=C(c1cn2c(=O)c(-c3ccc(OCc4ccccc4)cc3)ccc2c2sccc12)N(CCO)c1ccccc1. The number of amides is 1. The van der Waals surface area contributed by atoms with Crippen LogP contribution < -0.4 is 15.2 Å². The zero-order valence-electron chi connectivity index (χ0n) is 21.6. The number of aromatic nitrogens is 1. The fourth-order valence-corrected chi connectivity index (χ4v) is 5.78. The van der Waals surface area contributed by atoms with Crippen LogP contribution in [0.1, 0.15) is 15.9 Å². The van der Waals surface area contributed by atoms with Gasteiger partial charge in [0.25, 0.3) is 11.5 Å². The first-order chi connectivity index (χ1) is 19.6. The van der Waals surface area contributed by atoms with E-state index in [0.717, 1.165) is 26.7 Å². The molecular formula is C33H26N2O4S. The minimum absolute atomic E-state index is 0.139. The number of benzene rings is 3. The summed E-state index contributed by atoms with van der Waals surface area (Å²) in [6.07, 6.45) is 1.63. The summed E-state index contributed by atoms with van der Waals surface area (Å²) in [5.41, 5.74) is 3.98. The first-order valence-corrected chi connectivity index (χ1v) is 13.8. The molecule has 3 aromatic heterocycles. The first kappa shape index (κ1) is 25.6. The van der Waals surface area contributed by atoms with Crippen molar-refractivity contribution < 1.29 is 14.6 Å². The molecule has 0 spiro atoms. The van der Waals surface area contributed by atoms with Crippen molar-refractivity contribution in [1.29, 1.82) is 0 Å². The Morgan fingerprint density at radius 2 is 1.60 bits per heavy atom. The minimum Gasteiger partial charge on any atom is -0.489 e. The molecule has 1 N–H and O–H groups in total. The number of anilines is 1. The normalized spacial score (nSPS) is 11.1. The van der Waals surface area contributed by atoms with Gasteiger partial charge in [-0.3, -0.25) is 14.0 Å². The van der Waals surface area contributed by atoms with E-state index in [1.807, 2.05) is 109 Å². The Morgan fingerprint density at radius 3 is 2.33 bits per heavy atom. The van der Waals surface area contributed by atoms with Gasteiger partial charge in [0, 0.05) is 29.4 Å². The average Bonchev–Trinajstić information content (AvgIpc) is 3.50. The van der Waals surface area contributed by atoms with Gasteiger partial charge in [-0.2, -0.15) is 0 Å². The summed E-state index contributed by atoms with van der Waals surface area (Å²) in [5.74, 6) is 0.439. The highest BCUT2D eigenvalue weighted by Crippen LogP contribution is 2.31. The van der Waals surface area contributed by atoms with Crippen LogP contribution in [-0.4, -0.2) is 28.6 Å². The molecule has 0 bridgehead atoms. The number of carbonyl (C=O) groups is 1. The van der Waals surface area contributed by atoms with Gasteiger partial charge < -0.3 is 14.7 Å². The van der Waals surface area contributed by atoms with Crippen LogP contribution in [0.2, 0.25) is 0 Å². The van der Waals surface area contributed by atoms with Gasteiger partial charge in [-0.1, -0.05) is 60.7 Å². The van der Waals surface area contributed by atoms with Crippen molar-refractivity contribution in [3.63, 3.8) is 0 Å². The molecule has 40 heavy (non-hydrogen) atoms. The Kier molecular flexibility index (Phi) is 7.14. The molecular weight excluding hydrogens is 520 g/mol. The Hall–Kier alpha value is -4.72. The zero-order chi connectivity index (χ0) is 27.5. The van der Waals surface area contributed by atoms with Gasteiger partial charge in [0.1, 0.15) is 12.4 Å². The summed E-state index contributed by atoms with van der Waals surface area (Å²) < 4.78 is 8.32. The molecule has 198 valence electrons. The summed E-state index contributed by atoms with van der Waals surface area (Å²) >= 11 is 1.49. The number of carbonyl (C=O) groups excluding carboxylic acids is 1. The van der Waals surface area contributed by atoms with Crippen LogP contribution in [0.15, 0.2) is 119 Å². The van der Waals surface area contributed by atoms with E-state index in [2.05, 4.69) is 0 Å². The van der Waals surface area contributed by atoms with Crippen LogP contribution in [0.25, 0.3) is 26.7 Å². The Morgan fingerprint density at radius 1 is 0.875 bits per heavy atom. The maximum Gasteiger partial charge on any atom is 0.263 e. The second-order valence-electron chi connectivity index (χ2n) is 9.33. The quantitative estimate of drug-likeness (QED) is 0.240. The molecule has 0 atom stereocenters. The van der Waals surface area contributed by atoms with Crippen LogP contribution in [-0.2, 0) is 6.61 Å². The van der Waals surface area contributed by atoms with Crippen LogP contribution in [0.5, 0.6) is 5.75 Å². The lowest BCUT2D eigenvalue weighted by Gasteiger charge is -2.22. The van der Waals surface area contributed by atoms with E-state index in [9.17, 15) is 14.7 Å². The standard InChI is InChI=1S/C33H26N2O4S/c36-19-18-34(25-9-5-2-6-10-25)33(38)29-21-35-30(31-28(29)17-20-40-31)16-15-27(32(35)37)24-11-13-26(14-12-24)39-22-23-7-3-1-4-8-23/h1-17,20-21,36H,18-19,22H2. The smallest absolute Gasteiger partial charge is 0.263 e. The molecule has 7 heteroatoms. The van der Waals surface area contributed by atoms with Crippen molar-refractivity contribution >= 4 is 38.5 Å². The number of nitrogens with zero attached hydrogens (tertiary/aromatic N) is 2. The fraction of sp³-hybridized carbons (Fsp3) is 0.0909. The monoisotopic (exact) mass is 546 g/mol. The van der Waals surface area contributed by atoms with Crippen molar-refractivity contribution in [2.75, 3.05) is 18.1 Å². The Labute approximate surface area is 235 Å². The highest BCUT2D eigenvalue weighted by Gasteiger charge is 2.22. The third kappa shape index (κ3) is 4.88. The number of rotatable bonds is 8. The number of aliphatic hydroxyl groups is 1. The lowest BCUT2D eigenvalue weighted by atomic mass is 10.1. The van der Waals surface area contributed by atoms with E-state index < -0.39 is 0 Å². The highest BCUT2D eigenvalue weighted by atomic mass is 32.1. The molecule has 3 heterocycles. The molecule has 0 radical (unpaired) electrons. The molecule has 0 aliphatic carbocycles. The maximum absolute atomic E-state index is 13.8. The average molecular weight is 547 g/mol. The van der Waals surface area contributed by atoms with Crippen LogP contribution in [0.3, 0.4) is 0 Å². The number of ether oxygens (including phenoxy) is 1. The van der Waals surface area contributed by atoms with E-state index in [4.69, 9.17) is 4.74 Å². The summed E-state index contributed by atoms with van der Waals surface area (Å²) in [6, 6.07) is 32.3. The van der Waals surface area contributed by atoms with Crippen molar-refractivity contribution in [3.05, 3.63) is 136 Å². The Balaban J connectivity index is 1.38. The van der Waals surface area contributed by atoms with Crippen LogP contribution >= 0.6 is 11.3 Å². The number of aliphatic hydroxyl groups excluding tert-OH is 1. The molecule has 0 unspecified atom stereocenters. The molecule has 0 fully saturated rings. The predicted octanol–water partition coefficient (Wildman–Crippen LogP) is 6.40. The predicted molar refractivity (Wildman–Crippen MR) is 160 cm³/mol. The maximum atomic E-state index is 13.8. The van der Waals surface area contributed by atoms with Gasteiger partial charge in [-0.05, 0) is 59.0 Å². The molecule has 1 amide bonds. The second-order valence-corrected chi connectivity index (χ2v) is 10.2. The van der Waals surface area contributed by atoms with Crippen molar-refractivity contribution in [2.24, 2.45) is 0 Å². The van der Waals surface area contributed by atoms with Gasteiger partial charge in [0.15, 0.2) is 0 Å². The molecule has 0 aliphatic rings. The third-order valence-electron chi connectivity index (χ3n) is 6.84. The number of thiophene rings is 1. The number of fused-ring (bicyclic) bond motifs is 3. The summed E-state index contributed by atoms with van der Waals surface area (Å²) in [7, 11) is 0. The molecule has 0 saturated carbocycles. The molecule has 6 nitrogen and oxygen atoms in total. The van der Waals surface area contributed by atoms with E-state index in [1.165, 1.54) is 11.3 Å². The van der Waals surface area contributed by atoms with Gasteiger partial charge in [0.2, 0.25) is 0 Å². The fourth-order valence-electron chi connectivity index (χ4n) is 4.85. The molecule has 0 saturated heterocycles. The first-order valence-electron chi connectivity index (χ1n) is 12.9. The summed E-state index contributed by atoms with van der Waals surface area (Å²) in [6.45, 7) is 0.416.